The van der Waals surface area contributed by atoms with Gasteiger partial charge in [0, 0.05) is 12.7 Å². The highest BCUT2D eigenvalue weighted by Gasteiger charge is 1.93. The number of rotatable bonds is 3. The third-order valence-electron chi connectivity index (χ3n) is 0.693. The molecule has 0 spiro atoms. The Labute approximate surface area is 81.8 Å². The van der Waals surface area contributed by atoms with Crippen molar-refractivity contribution >= 4 is 28.3 Å². The Kier molecular flexibility index (Phi) is 9.68. The lowest BCUT2D eigenvalue weighted by atomic mass is 10.3. The van der Waals surface area contributed by atoms with Gasteiger partial charge in [-0.1, -0.05) is 18.9 Å². The topological polar surface area (TPSA) is 104 Å². The molecular formula is C5H13NO5S2. The normalized spacial score (nSPS) is 9.85. The second-order valence-electron chi connectivity index (χ2n) is 1.93. The van der Waals surface area contributed by atoms with Crippen molar-refractivity contribution in [2.75, 3.05) is 6.26 Å². The van der Waals surface area contributed by atoms with Crippen LogP contribution in [0, 0.1) is 0 Å². The van der Waals surface area contributed by atoms with E-state index in [0.717, 1.165) is 6.42 Å². The smallest absolute Gasteiger partial charge is 0.300 e. The number of amides is 1. The Balaban J connectivity index is 0. The van der Waals surface area contributed by atoms with E-state index in [1.54, 1.807) is 0 Å². The molecule has 0 aliphatic heterocycles. The van der Waals surface area contributed by atoms with Gasteiger partial charge in [-0.15, -0.1) is 0 Å². The van der Waals surface area contributed by atoms with Crippen LogP contribution in [0.3, 0.4) is 0 Å². The number of carbonyl (C=O) groups is 1. The molecule has 0 aromatic heterocycles. The SMILES string of the molecule is CCCC(=O)NSC.O=S(=O)(O)O. The molecule has 0 bridgehead atoms. The quantitative estimate of drug-likeness (QED) is 0.483. The first-order chi connectivity index (χ1) is 5.81. The molecule has 0 saturated heterocycles. The Bertz CT molecular complexity index is 209. The van der Waals surface area contributed by atoms with Crippen molar-refractivity contribution in [2.45, 2.75) is 19.8 Å². The summed E-state index contributed by atoms with van der Waals surface area (Å²) in [5.41, 5.74) is 0. The molecule has 0 aliphatic carbocycles. The summed E-state index contributed by atoms with van der Waals surface area (Å²) < 4.78 is 34.2. The summed E-state index contributed by atoms with van der Waals surface area (Å²) in [4.78, 5) is 10.5. The predicted octanol–water partition coefficient (Wildman–Crippen LogP) is 0.528. The minimum atomic E-state index is -4.67. The van der Waals surface area contributed by atoms with Gasteiger partial charge in [0.05, 0.1) is 0 Å². The molecule has 1 amide bonds. The van der Waals surface area contributed by atoms with E-state index >= 15 is 0 Å². The maximum Gasteiger partial charge on any atom is 0.394 e. The van der Waals surface area contributed by atoms with E-state index in [1.165, 1.54) is 11.9 Å². The average molecular weight is 231 g/mol. The van der Waals surface area contributed by atoms with Gasteiger partial charge < -0.3 is 4.72 Å². The molecule has 8 heteroatoms. The number of hydrogen-bond acceptors (Lipinski definition) is 4. The lowest BCUT2D eigenvalue weighted by Gasteiger charge is -1.95. The largest absolute Gasteiger partial charge is 0.394 e. The Hall–Kier alpha value is -0.310. The summed E-state index contributed by atoms with van der Waals surface area (Å²) in [6.45, 7) is 1.99. The molecule has 13 heavy (non-hydrogen) atoms. The van der Waals surface area contributed by atoms with Crippen LogP contribution in [-0.4, -0.2) is 29.7 Å². The van der Waals surface area contributed by atoms with Gasteiger partial charge >= 0.3 is 10.4 Å². The standard InChI is InChI=1S/C5H11NOS.H2O4S/c1-3-4-5(7)6-8-2;1-5(2,3)4/h3-4H2,1-2H3,(H,6,7);(H2,1,2,3,4). The minimum absolute atomic E-state index is 0.125. The lowest BCUT2D eigenvalue weighted by Crippen LogP contribution is -2.13. The van der Waals surface area contributed by atoms with Crippen LogP contribution >= 0.6 is 11.9 Å². The number of carbonyl (C=O) groups excluding carboxylic acids is 1. The first-order valence-electron chi connectivity index (χ1n) is 3.33. The molecule has 0 aliphatic rings. The van der Waals surface area contributed by atoms with Gasteiger partial charge in [0.2, 0.25) is 5.91 Å². The van der Waals surface area contributed by atoms with Crippen LogP contribution in [0.25, 0.3) is 0 Å². The van der Waals surface area contributed by atoms with Gasteiger partial charge in [-0.3, -0.25) is 13.9 Å². The Morgan fingerprint density at radius 3 is 2.08 bits per heavy atom. The number of hydrogen-bond donors (Lipinski definition) is 3. The molecule has 0 fully saturated rings. The molecule has 0 saturated carbocycles. The highest BCUT2D eigenvalue weighted by molar-refractivity contribution is 7.97. The second-order valence-corrected chi connectivity index (χ2v) is 3.44. The summed E-state index contributed by atoms with van der Waals surface area (Å²) >= 11 is 1.35. The van der Waals surface area contributed by atoms with Crippen molar-refractivity contribution in [2.24, 2.45) is 0 Å². The van der Waals surface area contributed by atoms with Crippen molar-refractivity contribution in [1.82, 2.24) is 4.72 Å². The van der Waals surface area contributed by atoms with Crippen LogP contribution in [0.4, 0.5) is 0 Å². The monoisotopic (exact) mass is 231 g/mol. The molecule has 6 nitrogen and oxygen atoms in total. The molecular weight excluding hydrogens is 218 g/mol. The van der Waals surface area contributed by atoms with E-state index in [4.69, 9.17) is 17.5 Å². The van der Waals surface area contributed by atoms with E-state index in [-0.39, 0.29) is 5.91 Å². The van der Waals surface area contributed by atoms with Crippen molar-refractivity contribution in [3.63, 3.8) is 0 Å². The van der Waals surface area contributed by atoms with Crippen molar-refractivity contribution in [3.8, 4) is 0 Å². The lowest BCUT2D eigenvalue weighted by molar-refractivity contribution is -0.119. The third-order valence-corrected chi connectivity index (χ3v) is 1.12. The fourth-order valence-corrected chi connectivity index (χ4v) is 0.722. The van der Waals surface area contributed by atoms with Crippen LogP contribution in [-0.2, 0) is 15.2 Å². The van der Waals surface area contributed by atoms with Gasteiger partial charge in [-0.25, -0.2) is 0 Å². The zero-order chi connectivity index (χ0) is 10.9. The van der Waals surface area contributed by atoms with Crippen LogP contribution < -0.4 is 4.72 Å². The first kappa shape index (κ1) is 15.2. The van der Waals surface area contributed by atoms with Crippen molar-refractivity contribution < 1.29 is 22.3 Å². The summed E-state index contributed by atoms with van der Waals surface area (Å²) in [6, 6.07) is 0. The number of nitrogens with one attached hydrogen (secondary N) is 1. The van der Waals surface area contributed by atoms with Crippen molar-refractivity contribution in [3.05, 3.63) is 0 Å². The van der Waals surface area contributed by atoms with E-state index in [2.05, 4.69) is 4.72 Å². The molecule has 0 radical (unpaired) electrons. The summed E-state index contributed by atoms with van der Waals surface area (Å²) in [7, 11) is -4.67. The molecule has 0 atom stereocenters. The first-order valence-corrected chi connectivity index (χ1v) is 5.95. The van der Waals surface area contributed by atoms with Crippen LogP contribution in [0.2, 0.25) is 0 Å². The third kappa shape index (κ3) is 33.9. The van der Waals surface area contributed by atoms with E-state index in [1.807, 2.05) is 13.2 Å². The molecule has 0 unspecified atom stereocenters. The van der Waals surface area contributed by atoms with Crippen LogP contribution in [0.1, 0.15) is 19.8 Å². The molecule has 0 rings (SSSR count). The maximum atomic E-state index is 10.5. The highest BCUT2D eigenvalue weighted by Crippen LogP contribution is 1.89. The van der Waals surface area contributed by atoms with Gasteiger partial charge in [0.25, 0.3) is 0 Å². The molecule has 0 aromatic rings. The summed E-state index contributed by atoms with van der Waals surface area (Å²) in [5.74, 6) is 0.125. The maximum absolute atomic E-state index is 10.5. The molecule has 3 N–H and O–H groups in total. The fraction of sp³-hybridized carbons (Fsp3) is 0.800. The predicted molar refractivity (Wildman–Crippen MR) is 50.7 cm³/mol. The van der Waals surface area contributed by atoms with Gasteiger partial charge in [-0.2, -0.15) is 8.42 Å². The van der Waals surface area contributed by atoms with Gasteiger partial charge in [-0.05, 0) is 6.42 Å². The second kappa shape index (κ2) is 8.30. The molecule has 80 valence electrons. The van der Waals surface area contributed by atoms with E-state index in [9.17, 15) is 4.79 Å². The van der Waals surface area contributed by atoms with E-state index < -0.39 is 10.4 Å². The Morgan fingerprint density at radius 2 is 1.85 bits per heavy atom. The van der Waals surface area contributed by atoms with Crippen LogP contribution in [0.5, 0.6) is 0 Å². The van der Waals surface area contributed by atoms with Gasteiger partial charge in [0.1, 0.15) is 0 Å². The molecule has 0 aromatic carbocycles. The van der Waals surface area contributed by atoms with Gasteiger partial charge in [0.15, 0.2) is 0 Å². The van der Waals surface area contributed by atoms with E-state index in [0.29, 0.717) is 6.42 Å². The van der Waals surface area contributed by atoms with Crippen molar-refractivity contribution in [1.29, 1.82) is 0 Å². The fourth-order valence-electron chi connectivity index (χ4n) is 0.392. The highest BCUT2D eigenvalue weighted by atomic mass is 32.3. The Morgan fingerprint density at radius 1 is 1.46 bits per heavy atom. The zero-order valence-electron chi connectivity index (χ0n) is 7.35. The summed E-state index contributed by atoms with van der Waals surface area (Å²) in [5, 5.41) is 0. The zero-order valence-corrected chi connectivity index (χ0v) is 8.98. The molecule has 0 heterocycles. The minimum Gasteiger partial charge on any atom is -0.300 e. The van der Waals surface area contributed by atoms with Crippen LogP contribution in [0.15, 0.2) is 0 Å². The summed E-state index contributed by atoms with van der Waals surface area (Å²) in [6.07, 6.45) is 3.40. The average Bonchev–Trinajstić information content (AvgIpc) is 1.84.